The topological polar surface area (TPSA) is 34.1 Å². The lowest BCUT2D eigenvalue weighted by atomic mass is 10.4. The average Bonchev–Trinajstić information content (AvgIpc) is 2.31. The van der Waals surface area contributed by atoms with Crippen LogP contribution in [0.3, 0.4) is 0 Å². The Morgan fingerprint density at radius 3 is 1.25 bits per heavy atom. The minimum absolute atomic E-state index is 0.764. The number of hydrogen-bond donors (Lipinski definition) is 0. The largest absolute Gasteiger partial charge is 0.299 e. The first-order valence-electron chi connectivity index (χ1n) is 5.37. The maximum Gasteiger partial charge on any atom is 0.142 e. The molecule has 0 saturated heterocycles. The van der Waals surface area contributed by atoms with Crippen LogP contribution in [-0.2, 0) is 9.59 Å². The van der Waals surface area contributed by atoms with Gasteiger partial charge in [-0.1, -0.05) is 50.3 Å². The quantitative estimate of drug-likeness (QED) is 0.390. The van der Waals surface area contributed by atoms with E-state index in [9.17, 15) is 9.59 Å². The number of hydrogen-bond acceptors (Lipinski definition) is 2. The molecule has 0 aromatic carbocycles. The van der Waals surface area contributed by atoms with E-state index in [4.69, 9.17) is 0 Å². The Kier molecular flexibility index (Phi) is 19.8. The van der Waals surface area contributed by atoms with E-state index in [0.29, 0.717) is 0 Å². The van der Waals surface area contributed by atoms with Gasteiger partial charge in [-0.25, -0.2) is 0 Å². The molecule has 0 atom stereocenters. The Labute approximate surface area is 98.1 Å². The van der Waals surface area contributed by atoms with Gasteiger partial charge in [0.15, 0.2) is 0 Å². The number of carbonyl (C=O) groups is 2. The fourth-order valence-corrected chi connectivity index (χ4v) is 0.648. The first-order valence-corrected chi connectivity index (χ1v) is 5.37. The minimum atomic E-state index is 0.764. The molecule has 0 bridgehead atoms. The molecule has 0 aromatic rings. The third-order valence-corrected chi connectivity index (χ3v) is 1.35. The molecule has 0 aliphatic heterocycles. The number of allylic oxidation sites excluding steroid dienone is 8. The molecule has 0 aromatic heterocycles. The van der Waals surface area contributed by atoms with Gasteiger partial charge >= 0.3 is 0 Å². The predicted octanol–water partition coefficient (Wildman–Crippen LogP) is 3.42. The molecule has 16 heavy (non-hydrogen) atoms. The first kappa shape index (κ1) is 16.7. The third kappa shape index (κ3) is 22.8. The molecule has 0 radical (unpaired) electrons. The molecule has 0 N–H and O–H groups in total. The van der Waals surface area contributed by atoms with E-state index >= 15 is 0 Å². The summed E-state index contributed by atoms with van der Waals surface area (Å²) in [7, 11) is 0. The van der Waals surface area contributed by atoms with Gasteiger partial charge in [-0.05, 0) is 25.0 Å². The summed E-state index contributed by atoms with van der Waals surface area (Å²) in [5.74, 6) is 0. The Bertz CT molecular complexity index is 230. The van der Waals surface area contributed by atoms with Crippen molar-refractivity contribution in [3.05, 3.63) is 48.6 Å². The fourth-order valence-electron chi connectivity index (χ4n) is 0.648. The predicted molar refractivity (Wildman–Crippen MR) is 69.3 cm³/mol. The van der Waals surface area contributed by atoms with Gasteiger partial charge in [0.05, 0.1) is 0 Å². The molecule has 2 nitrogen and oxygen atoms in total. The van der Waals surface area contributed by atoms with Gasteiger partial charge in [0.25, 0.3) is 0 Å². The van der Waals surface area contributed by atoms with E-state index in [0.717, 1.165) is 25.4 Å². The van der Waals surface area contributed by atoms with Crippen LogP contribution in [0.4, 0.5) is 0 Å². The normalized spacial score (nSPS) is 11.1. The van der Waals surface area contributed by atoms with Crippen LogP contribution in [0.15, 0.2) is 48.6 Å². The van der Waals surface area contributed by atoms with Gasteiger partial charge in [0.2, 0.25) is 0 Å². The highest BCUT2D eigenvalue weighted by Gasteiger charge is 1.61. The molecule has 0 spiro atoms. The zero-order valence-electron chi connectivity index (χ0n) is 10.0. The maximum absolute atomic E-state index is 9.65. The summed E-state index contributed by atoms with van der Waals surface area (Å²) in [6.45, 7) is 4.09. The van der Waals surface area contributed by atoms with Gasteiger partial charge in [-0.2, -0.15) is 0 Å². The second-order valence-corrected chi connectivity index (χ2v) is 2.71. The summed E-state index contributed by atoms with van der Waals surface area (Å²) in [6.07, 6.45) is 17.6. The van der Waals surface area contributed by atoms with Crippen molar-refractivity contribution in [1.29, 1.82) is 0 Å². The SMILES string of the molecule is CCC=CC=CC=O.CCC=CC=CC=O. The fraction of sp³-hybridized carbons (Fsp3) is 0.286. The molecule has 0 fully saturated rings. The van der Waals surface area contributed by atoms with E-state index in [2.05, 4.69) is 0 Å². The van der Waals surface area contributed by atoms with Gasteiger partial charge < -0.3 is 0 Å². The Hall–Kier alpha value is -1.70. The van der Waals surface area contributed by atoms with Crippen molar-refractivity contribution in [2.24, 2.45) is 0 Å². The van der Waals surface area contributed by atoms with Gasteiger partial charge in [-0.15, -0.1) is 0 Å². The Morgan fingerprint density at radius 2 is 1.00 bits per heavy atom. The molecular weight excluding hydrogens is 200 g/mol. The van der Waals surface area contributed by atoms with E-state index in [1.54, 1.807) is 12.2 Å². The van der Waals surface area contributed by atoms with E-state index in [1.165, 1.54) is 12.2 Å². The van der Waals surface area contributed by atoms with Crippen molar-refractivity contribution in [2.75, 3.05) is 0 Å². The number of carbonyl (C=O) groups excluding carboxylic acids is 2. The summed E-state index contributed by atoms with van der Waals surface area (Å²) >= 11 is 0. The van der Waals surface area contributed by atoms with Crippen LogP contribution in [0.2, 0.25) is 0 Å². The van der Waals surface area contributed by atoms with Gasteiger partial charge in [-0.3, -0.25) is 9.59 Å². The lowest BCUT2D eigenvalue weighted by Gasteiger charge is -1.70. The second kappa shape index (κ2) is 19.0. The molecule has 0 heterocycles. The van der Waals surface area contributed by atoms with E-state index in [1.807, 2.05) is 38.2 Å². The molecule has 88 valence electrons. The molecule has 0 aliphatic rings. The smallest absolute Gasteiger partial charge is 0.142 e. The van der Waals surface area contributed by atoms with Crippen molar-refractivity contribution in [3.63, 3.8) is 0 Å². The zero-order valence-corrected chi connectivity index (χ0v) is 10.0. The second-order valence-electron chi connectivity index (χ2n) is 2.71. The monoisotopic (exact) mass is 220 g/mol. The summed E-state index contributed by atoms with van der Waals surface area (Å²) in [4.78, 5) is 19.3. The summed E-state index contributed by atoms with van der Waals surface area (Å²) in [5.41, 5.74) is 0. The lowest BCUT2D eigenvalue weighted by Crippen LogP contribution is -1.56. The molecule has 0 unspecified atom stereocenters. The van der Waals surface area contributed by atoms with Crippen LogP contribution < -0.4 is 0 Å². The summed E-state index contributed by atoms with van der Waals surface area (Å²) in [5, 5.41) is 0. The van der Waals surface area contributed by atoms with Crippen molar-refractivity contribution in [2.45, 2.75) is 26.7 Å². The maximum atomic E-state index is 9.65. The van der Waals surface area contributed by atoms with Crippen molar-refractivity contribution >= 4 is 12.6 Å². The molecule has 0 aliphatic carbocycles. The van der Waals surface area contributed by atoms with E-state index < -0.39 is 0 Å². The van der Waals surface area contributed by atoms with Crippen LogP contribution in [0.25, 0.3) is 0 Å². The zero-order chi connectivity index (χ0) is 12.5. The Balaban J connectivity index is 0. The number of rotatable bonds is 6. The summed E-state index contributed by atoms with van der Waals surface area (Å²) < 4.78 is 0. The molecule has 2 heteroatoms. The summed E-state index contributed by atoms with van der Waals surface area (Å²) in [6, 6.07) is 0. The van der Waals surface area contributed by atoms with Crippen LogP contribution in [-0.4, -0.2) is 12.6 Å². The highest BCUT2D eigenvalue weighted by Crippen LogP contribution is 1.79. The standard InChI is InChI=1S/2C7H10O/c2*1-2-3-4-5-6-7-8/h2*3-7H,2H2,1H3. The average molecular weight is 220 g/mol. The number of aldehydes is 2. The highest BCUT2D eigenvalue weighted by molar-refractivity contribution is 5.65. The van der Waals surface area contributed by atoms with Crippen molar-refractivity contribution in [3.8, 4) is 0 Å². The highest BCUT2D eigenvalue weighted by atomic mass is 16.1. The van der Waals surface area contributed by atoms with Gasteiger partial charge in [0.1, 0.15) is 12.6 Å². The molecular formula is C14H20O2. The van der Waals surface area contributed by atoms with Crippen LogP contribution in [0.5, 0.6) is 0 Å². The van der Waals surface area contributed by atoms with Crippen LogP contribution in [0, 0.1) is 0 Å². The van der Waals surface area contributed by atoms with Crippen molar-refractivity contribution < 1.29 is 9.59 Å². The van der Waals surface area contributed by atoms with E-state index in [-0.39, 0.29) is 0 Å². The minimum Gasteiger partial charge on any atom is -0.299 e. The van der Waals surface area contributed by atoms with Gasteiger partial charge in [0, 0.05) is 0 Å². The van der Waals surface area contributed by atoms with Crippen LogP contribution in [0.1, 0.15) is 26.7 Å². The van der Waals surface area contributed by atoms with Crippen molar-refractivity contribution in [1.82, 2.24) is 0 Å². The third-order valence-electron chi connectivity index (χ3n) is 1.35. The lowest BCUT2D eigenvalue weighted by molar-refractivity contribution is -0.104. The van der Waals surface area contributed by atoms with Crippen LogP contribution >= 0.6 is 0 Å². The molecule has 0 amide bonds. The first-order chi connectivity index (χ1) is 7.83. The molecule has 0 rings (SSSR count). The Morgan fingerprint density at radius 1 is 0.625 bits per heavy atom. The molecule has 0 saturated carbocycles.